The van der Waals surface area contributed by atoms with Crippen molar-refractivity contribution in [1.29, 1.82) is 0 Å². The van der Waals surface area contributed by atoms with Crippen molar-refractivity contribution < 1.29 is 15.0 Å². The Labute approximate surface area is 93.1 Å². The molecule has 16 heavy (non-hydrogen) atoms. The SMILES string of the molecule is O=C(Nc1ccccc1O)[C@@H]1C[C@@H](O)CN1. The van der Waals surface area contributed by atoms with Crippen LogP contribution < -0.4 is 10.6 Å². The van der Waals surface area contributed by atoms with E-state index >= 15 is 0 Å². The number of hydrogen-bond donors (Lipinski definition) is 4. The maximum absolute atomic E-state index is 11.7. The van der Waals surface area contributed by atoms with Gasteiger partial charge in [-0.1, -0.05) is 12.1 Å². The second-order valence-corrected chi connectivity index (χ2v) is 3.86. The molecule has 5 nitrogen and oxygen atoms in total. The van der Waals surface area contributed by atoms with Crippen molar-refractivity contribution in [3.05, 3.63) is 24.3 Å². The lowest BCUT2D eigenvalue weighted by Crippen LogP contribution is -2.35. The van der Waals surface area contributed by atoms with Crippen LogP contribution in [0.3, 0.4) is 0 Å². The van der Waals surface area contributed by atoms with Crippen molar-refractivity contribution in [2.45, 2.75) is 18.6 Å². The first kappa shape index (κ1) is 10.9. The molecule has 86 valence electrons. The van der Waals surface area contributed by atoms with E-state index in [9.17, 15) is 15.0 Å². The van der Waals surface area contributed by atoms with Crippen molar-refractivity contribution in [2.24, 2.45) is 0 Å². The Hall–Kier alpha value is -1.59. The van der Waals surface area contributed by atoms with Gasteiger partial charge in [-0.3, -0.25) is 4.79 Å². The number of phenols is 1. The Bertz CT molecular complexity index is 395. The van der Waals surface area contributed by atoms with Crippen molar-refractivity contribution in [2.75, 3.05) is 11.9 Å². The average molecular weight is 222 g/mol. The maximum atomic E-state index is 11.7. The van der Waals surface area contributed by atoms with Gasteiger partial charge in [0.2, 0.25) is 5.91 Å². The summed E-state index contributed by atoms with van der Waals surface area (Å²) < 4.78 is 0. The summed E-state index contributed by atoms with van der Waals surface area (Å²) >= 11 is 0. The fourth-order valence-corrected chi connectivity index (χ4v) is 1.72. The van der Waals surface area contributed by atoms with E-state index in [0.717, 1.165) is 0 Å². The largest absolute Gasteiger partial charge is 0.506 e. The lowest BCUT2D eigenvalue weighted by atomic mass is 10.2. The lowest BCUT2D eigenvalue weighted by Gasteiger charge is -2.11. The molecular weight excluding hydrogens is 208 g/mol. The summed E-state index contributed by atoms with van der Waals surface area (Å²) in [5.74, 6) is -0.201. The van der Waals surface area contributed by atoms with Gasteiger partial charge >= 0.3 is 0 Å². The van der Waals surface area contributed by atoms with Gasteiger partial charge in [-0.2, -0.15) is 0 Å². The van der Waals surface area contributed by atoms with E-state index in [1.54, 1.807) is 18.2 Å². The van der Waals surface area contributed by atoms with E-state index in [1.807, 2.05) is 0 Å². The summed E-state index contributed by atoms with van der Waals surface area (Å²) in [6.07, 6.45) is -0.0699. The standard InChI is InChI=1S/C11H14N2O3/c14-7-5-9(12-6-7)11(16)13-8-3-1-2-4-10(8)15/h1-4,7,9,12,14-15H,5-6H2,(H,13,16)/t7-,9+/m1/s1. The normalized spacial score (nSPS) is 24.3. The molecule has 4 N–H and O–H groups in total. The number of amides is 1. The van der Waals surface area contributed by atoms with Crippen LogP contribution in [0, 0.1) is 0 Å². The molecule has 1 saturated heterocycles. The number of aliphatic hydroxyl groups is 1. The van der Waals surface area contributed by atoms with Crippen molar-refractivity contribution >= 4 is 11.6 Å². The summed E-state index contributed by atoms with van der Waals surface area (Å²) in [6.45, 7) is 0.429. The molecule has 0 aromatic heterocycles. The molecule has 2 atom stereocenters. The minimum absolute atomic E-state index is 0.0365. The van der Waals surface area contributed by atoms with Crippen molar-refractivity contribution in [1.82, 2.24) is 5.32 Å². The molecule has 0 aliphatic carbocycles. The Morgan fingerprint density at radius 1 is 1.44 bits per heavy atom. The monoisotopic (exact) mass is 222 g/mol. The summed E-state index contributed by atoms with van der Waals surface area (Å²) in [5.41, 5.74) is 0.385. The van der Waals surface area contributed by atoms with Crippen LogP contribution in [0.1, 0.15) is 6.42 Å². The van der Waals surface area contributed by atoms with Crippen LogP contribution in [0.5, 0.6) is 5.75 Å². The third kappa shape index (κ3) is 2.32. The number of rotatable bonds is 2. The number of carbonyl (C=O) groups excluding carboxylic acids is 1. The number of aromatic hydroxyl groups is 1. The first-order valence-electron chi connectivity index (χ1n) is 5.17. The number of hydrogen-bond acceptors (Lipinski definition) is 4. The number of aliphatic hydroxyl groups excluding tert-OH is 1. The summed E-state index contributed by atoms with van der Waals surface area (Å²) in [5, 5.41) is 24.3. The topological polar surface area (TPSA) is 81.6 Å². The van der Waals surface area contributed by atoms with Gasteiger partial charge in [-0.15, -0.1) is 0 Å². The number of carbonyl (C=O) groups is 1. The molecule has 2 rings (SSSR count). The summed E-state index contributed by atoms with van der Waals surface area (Å²) in [6, 6.07) is 6.15. The molecule has 1 amide bonds. The summed E-state index contributed by atoms with van der Waals surface area (Å²) in [7, 11) is 0. The predicted molar refractivity (Wildman–Crippen MR) is 59.2 cm³/mol. The molecule has 1 aromatic carbocycles. The van der Waals surface area contributed by atoms with Crippen LogP contribution in [0.15, 0.2) is 24.3 Å². The molecule has 0 spiro atoms. The van der Waals surface area contributed by atoms with Gasteiger partial charge in [0, 0.05) is 6.54 Å². The fourth-order valence-electron chi connectivity index (χ4n) is 1.72. The number of β-amino-alcohol motifs (C(OH)–C–C–N with tert-alkyl or cyclic N) is 1. The predicted octanol–water partition coefficient (Wildman–Crippen LogP) is 0.0535. The molecule has 1 aliphatic rings. The number of benzene rings is 1. The second-order valence-electron chi connectivity index (χ2n) is 3.86. The molecule has 1 aromatic rings. The second kappa shape index (κ2) is 4.51. The first-order chi connectivity index (χ1) is 7.66. The molecule has 0 radical (unpaired) electrons. The molecular formula is C11H14N2O3. The lowest BCUT2D eigenvalue weighted by molar-refractivity contribution is -0.117. The Kier molecular flexibility index (Phi) is 3.07. The third-order valence-electron chi connectivity index (χ3n) is 2.59. The van der Waals surface area contributed by atoms with Gasteiger partial charge < -0.3 is 20.8 Å². The van der Waals surface area contributed by atoms with Crippen LogP contribution in [-0.2, 0) is 4.79 Å². The van der Waals surface area contributed by atoms with Gasteiger partial charge in [0.15, 0.2) is 0 Å². The van der Waals surface area contributed by atoms with Crippen molar-refractivity contribution in [3.63, 3.8) is 0 Å². The smallest absolute Gasteiger partial charge is 0.241 e. The average Bonchev–Trinajstić information content (AvgIpc) is 2.68. The highest BCUT2D eigenvalue weighted by molar-refractivity contribution is 5.96. The van der Waals surface area contributed by atoms with E-state index < -0.39 is 12.1 Å². The minimum Gasteiger partial charge on any atom is -0.506 e. The van der Waals surface area contributed by atoms with Crippen LogP contribution >= 0.6 is 0 Å². The van der Waals surface area contributed by atoms with E-state index in [-0.39, 0.29) is 11.7 Å². The highest BCUT2D eigenvalue weighted by atomic mass is 16.3. The zero-order chi connectivity index (χ0) is 11.5. The van der Waals surface area contributed by atoms with Gasteiger partial charge in [-0.25, -0.2) is 0 Å². The van der Waals surface area contributed by atoms with E-state index in [2.05, 4.69) is 10.6 Å². The van der Waals surface area contributed by atoms with Gasteiger partial charge in [0.05, 0.1) is 17.8 Å². The Morgan fingerprint density at radius 2 is 2.19 bits per heavy atom. The van der Waals surface area contributed by atoms with Crippen molar-refractivity contribution in [3.8, 4) is 5.75 Å². The molecule has 0 unspecified atom stereocenters. The molecule has 1 heterocycles. The zero-order valence-corrected chi connectivity index (χ0v) is 8.68. The fraction of sp³-hybridized carbons (Fsp3) is 0.364. The summed E-state index contributed by atoms with van der Waals surface area (Å²) in [4.78, 5) is 11.7. The number of anilines is 1. The molecule has 0 saturated carbocycles. The van der Waals surface area contributed by atoms with Crippen LogP contribution in [0.4, 0.5) is 5.69 Å². The number of para-hydroxylation sites is 2. The molecule has 1 fully saturated rings. The first-order valence-corrected chi connectivity index (χ1v) is 5.17. The quantitative estimate of drug-likeness (QED) is 0.533. The van der Waals surface area contributed by atoms with Gasteiger partial charge in [-0.05, 0) is 18.6 Å². The van der Waals surface area contributed by atoms with Crippen LogP contribution in [0.25, 0.3) is 0 Å². The molecule has 0 bridgehead atoms. The highest BCUT2D eigenvalue weighted by Gasteiger charge is 2.28. The van der Waals surface area contributed by atoms with Crippen LogP contribution in [-0.4, -0.2) is 34.8 Å². The molecule has 5 heteroatoms. The Morgan fingerprint density at radius 3 is 2.81 bits per heavy atom. The number of nitrogens with one attached hydrogen (secondary N) is 2. The number of phenolic OH excluding ortho intramolecular Hbond substituents is 1. The van der Waals surface area contributed by atoms with Gasteiger partial charge in [0.25, 0.3) is 0 Å². The van der Waals surface area contributed by atoms with Crippen LogP contribution in [0.2, 0.25) is 0 Å². The van der Waals surface area contributed by atoms with Gasteiger partial charge in [0.1, 0.15) is 5.75 Å². The minimum atomic E-state index is -0.472. The van der Waals surface area contributed by atoms with E-state index in [1.165, 1.54) is 6.07 Å². The highest BCUT2D eigenvalue weighted by Crippen LogP contribution is 2.22. The zero-order valence-electron chi connectivity index (χ0n) is 8.68. The third-order valence-corrected chi connectivity index (χ3v) is 2.59. The molecule has 1 aliphatic heterocycles. The van der Waals surface area contributed by atoms with E-state index in [0.29, 0.717) is 18.7 Å². The maximum Gasteiger partial charge on any atom is 0.241 e. The Balaban J connectivity index is 2.00. The van der Waals surface area contributed by atoms with E-state index in [4.69, 9.17) is 0 Å².